The molecule has 2 heterocycles. The van der Waals surface area contributed by atoms with Crippen LogP contribution in [0, 0.1) is 0 Å². The Labute approximate surface area is 153 Å². The Morgan fingerprint density at radius 2 is 1.88 bits per heavy atom. The highest BCUT2D eigenvalue weighted by Gasteiger charge is 2.12. The fraction of sp³-hybridized carbons (Fsp3) is 0.111. The Morgan fingerprint density at radius 3 is 2.60 bits per heavy atom. The zero-order valence-corrected chi connectivity index (χ0v) is 14.7. The number of anilines is 1. The Bertz CT molecular complexity index is 950. The van der Waals surface area contributed by atoms with Crippen molar-refractivity contribution in [3.8, 4) is 11.3 Å². The molecule has 2 N–H and O–H groups in total. The third-order valence-corrected chi connectivity index (χ3v) is 4.95. The molecule has 0 saturated heterocycles. The van der Waals surface area contributed by atoms with Crippen molar-refractivity contribution in [2.75, 3.05) is 11.9 Å². The Hall–Kier alpha value is -2.41. The molecular weight excluding hydrogens is 356 g/mol. The number of aromatic nitrogens is 3. The van der Waals surface area contributed by atoms with Crippen LogP contribution in [-0.2, 0) is 0 Å². The molecule has 4 rings (SSSR count). The molecule has 0 radical (unpaired) electrons. The summed E-state index contributed by atoms with van der Waals surface area (Å²) >= 11 is 7.31. The van der Waals surface area contributed by atoms with E-state index in [-0.39, 0.29) is 0 Å². The summed E-state index contributed by atoms with van der Waals surface area (Å²) in [6.45, 7) is 0.365. The van der Waals surface area contributed by atoms with Crippen molar-refractivity contribution in [3.05, 3.63) is 71.4 Å². The average Bonchev–Trinajstić information content (AvgIpc) is 3.20. The van der Waals surface area contributed by atoms with Gasteiger partial charge in [-0.25, -0.2) is 9.50 Å². The molecule has 0 amide bonds. The number of hydrogen-bond acceptors (Lipinski definition) is 5. The van der Waals surface area contributed by atoms with Gasteiger partial charge in [0.25, 0.3) is 0 Å². The maximum Gasteiger partial charge on any atom is 0.214 e. The van der Waals surface area contributed by atoms with Crippen molar-refractivity contribution in [2.24, 2.45) is 0 Å². The molecule has 2 aromatic carbocycles. The number of rotatable bonds is 5. The van der Waals surface area contributed by atoms with Crippen molar-refractivity contribution in [3.63, 3.8) is 0 Å². The summed E-state index contributed by atoms with van der Waals surface area (Å²) in [7, 11) is 0. The summed E-state index contributed by atoms with van der Waals surface area (Å²) < 4.78 is 1.75. The molecule has 1 atom stereocenters. The molecule has 0 fully saturated rings. The van der Waals surface area contributed by atoms with Crippen LogP contribution in [0.3, 0.4) is 0 Å². The highest BCUT2D eigenvalue weighted by Crippen LogP contribution is 2.25. The second-order valence-electron chi connectivity index (χ2n) is 5.57. The van der Waals surface area contributed by atoms with Gasteiger partial charge in [0.1, 0.15) is 0 Å². The second kappa shape index (κ2) is 6.84. The van der Waals surface area contributed by atoms with E-state index in [1.54, 1.807) is 16.6 Å². The zero-order valence-electron chi connectivity index (χ0n) is 13.1. The van der Waals surface area contributed by atoms with Gasteiger partial charge in [-0.15, -0.1) is 5.10 Å². The fourth-order valence-corrected chi connectivity index (χ4v) is 3.42. The number of halogens is 1. The molecule has 0 spiro atoms. The first kappa shape index (κ1) is 16.1. The van der Waals surface area contributed by atoms with E-state index in [9.17, 15) is 5.11 Å². The molecule has 7 heteroatoms. The lowest BCUT2D eigenvalue weighted by Crippen LogP contribution is -2.12. The monoisotopic (exact) mass is 370 g/mol. The minimum Gasteiger partial charge on any atom is -0.387 e. The number of fused-ring (bicyclic) bond motifs is 1. The number of nitrogens with zero attached hydrogens (tertiary/aromatic N) is 3. The van der Waals surface area contributed by atoms with Gasteiger partial charge in [-0.05, 0) is 17.7 Å². The predicted octanol–water partition coefficient (Wildman–Crippen LogP) is 4.26. The van der Waals surface area contributed by atoms with Crippen LogP contribution in [-0.4, -0.2) is 26.2 Å². The average molecular weight is 371 g/mol. The minimum atomic E-state index is -0.631. The summed E-state index contributed by atoms with van der Waals surface area (Å²) in [6.07, 6.45) is 1.27. The van der Waals surface area contributed by atoms with Gasteiger partial charge in [-0.3, -0.25) is 0 Å². The smallest absolute Gasteiger partial charge is 0.214 e. The maximum absolute atomic E-state index is 10.2. The van der Waals surface area contributed by atoms with E-state index in [0.717, 1.165) is 26.9 Å². The topological polar surface area (TPSA) is 62.5 Å². The predicted molar refractivity (Wildman–Crippen MR) is 101 cm³/mol. The van der Waals surface area contributed by atoms with Crippen molar-refractivity contribution < 1.29 is 5.11 Å². The first-order valence-corrected chi connectivity index (χ1v) is 8.97. The van der Waals surface area contributed by atoms with E-state index in [2.05, 4.69) is 15.4 Å². The SMILES string of the molecule is O[C@@H](CNc1nn2cc(-c3ccccc3)nc2s1)c1ccc(Cl)cc1. The van der Waals surface area contributed by atoms with Gasteiger partial charge < -0.3 is 10.4 Å². The number of aliphatic hydroxyl groups excluding tert-OH is 1. The van der Waals surface area contributed by atoms with E-state index < -0.39 is 6.10 Å². The van der Waals surface area contributed by atoms with Crippen molar-refractivity contribution in [1.29, 1.82) is 0 Å². The standard InChI is InChI=1S/C18H15ClN4OS/c19-14-8-6-13(7-9-14)16(24)10-20-17-22-23-11-15(21-18(23)25-17)12-4-2-1-3-5-12/h1-9,11,16,24H,10H2,(H,20,22)/t16-/m0/s1. The Balaban J connectivity index is 1.45. The highest BCUT2D eigenvalue weighted by molar-refractivity contribution is 7.20. The highest BCUT2D eigenvalue weighted by atomic mass is 35.5. The normalized spacial score (nSPS) is 12.4. The molecule has 0 saturated carbocycles. The van der Waals surface area contributed by atoms with Gasteiger partial charge in [-0.2, -0.15) is 0 Å². The fourth-order valence-electron chi connectivity index (χ4n) is 2.51. The quantitative estimate of drug-likeness (QED) is 0.551. The molecule has 25 heavy (non-hydrogen) atoms. The number of benzene rings is 2. The first-order valence-electron chi connectivity index (χ1n) is 7.78. The van der Waals surface area contributed by atoms with Gasteiger partial charge in [0.2, 0.25) is 10.1 Å². The molecule has 4 aromatic rings. The summed E-state index contributed by atoms with van der Waals surface area (Å²) in [5.74, 6) is 0. The molecule has 126 valence electrons. The van der Waals surface area contributed by atoms with Gasteiger partial charge >= 0.3 is 0 Å². The van der Waals surface area contributed by atoms with Gasteiger partial charge in [-0.1, -0.05) is 65.4 Å². The molecule has 0 aliphatic rings. The van der Waals surface area contributed by atoms with E-state index in [1.807, 2.05) is 48.7 Å². The molecule has 0 unspecified atom stereocenters. The third-order valence-electron chi connectivity index (χ3n) is 3.81. The summed E-state index contributed by atoms with van der Waals surface area (Å²) in [4.78, 5) is 5.41. The van der Waals surface area contributed by atoms with Crippen LogP contribution in [0.4, 0.5) is 5.13 Å². The number of imidazole rings is 1. The van der Waals surface area contributed by atoms with Crippen LogP contribution >= 0.6 is 22.9 Å². The summed E-state index contributed by atoms with van der Waals surface area (Å²) in [6, 6.07) is 17.2. The van der Waals surface area contributed by atoms with Crippen LogP contribution in [0.15, 0.2) is 60.8 Å². The first-order chi connectivity index (χ1) is 12.2. The van der Waals surface area contributed by atoms with Crippen LogP contribution in [0.2, 0.25) is 5.02 Å². The van der Waals surface area contributed by atoms with Crippen molar-refractivity contribution in [1.82, 2.24) is 14.6 Å². The van der Waals surface area contributed by atoms with Gasteiger partial charge in [0.05, 0.1) is 18.0 Å². The lowest BCUT2D eigenvalue weighted by molar-refractivity contribution is 0.191. The Morgan fingerprint density at radius 1 is 1.12 bits per heavy atom. The second-order valence-corrected chi connectivity index (χ2v) is 6.97. The minimum absolute atomic E-state index is 0.365. The molecule has 2 aromatic heterocycles. The number of aliphatic hydroxyl groups is 1. The third kappa shape index (κ3) is 3.51. The van der Waals surface area contributed by atoms with Crippen molar-refractivity contribution >= 4 is 33.0 Å². The summed E-state index contributed by atoms with van der Waals surface area (Å²) in [5.41, 5.74) is 2.77. The van der Waals surface area contributed by atoms with Gasteiger partial charge in [0.15, 0.2) is 0 Å². The maximum atomic E-state index is 10.2. The zero-order chi connectivity index (χ0) is 17.2. The molecule has 5 nitrogen and oxygen atoms in total. The number of hydrogen-bond donors (Lipinski definition) is 2. The summed E-state index contributed by atoms with van der Waals surface area (Å²) in [5, 5.41) is 19.2. The molecule has 0 aliphatic carbocycles. The van der Waals surface area contributed by atoms with Crippen LogP contribution in [0.25, 0.3) is 16.2 Å². The largest absolute Gasteiger partial charge is 0.387 e. The van der Waals surface area contributed by atoms with E-state index in [0.29, 0.717) is 11.6 Å². The van der Waals surface area contributed by atoms with Crippen LogP contribution in [0.5, 0.6) is 0 Å². The lowest BCUT2D eigenvalue weighted by Gasteiger charge is -2.11. The molecule has 0 bridgehead atoms. The van der Waals surface area contributed by atoms with Gasteiger partial charge in [0, 0.05) is 17.1 Å². The molecule has 0 aliphatic heterocycles. The molecular formula is C18H15ClN4OS. The van der Waals surface area contributed by atoms with E-state index >= 15 is 0 Å². The van der Waals surface area contributed by atoms with Crippen molar-refractivity contribution in [2.45, 2.75) is 6.10 Å². The Kier molecular flexibility index (Phi) is 4.40. The van der Waals surface area contributed by atoms with Crippen LogP contribution in [0.1, 0.15) is 11.7 Å². The number of nitrogens with one attached hydrogen (secondary N) is 1. The van der Waals surface area contributed by atoms with E-state index in [1.165, 1.54) is 11.3 Å². The van der Waals surface area contributed by atoms with E-state index in [4.69, 9.17) is 11.6 Å². The lowest BCUT2D eigenvalue weighted by atomic mass is 10.1. The van der Waals surface area contributed by atoms with Crippen LogP contribution < -0.4 is 5.32 Å².